The quantitative estimate of drug-likeness (QED) is 0.629. The van der Waals surface area contributed by atoms with Gasteiger partial charge in [-0.05, 0) is 35.6 Å². The van der Waals surface area contributed by atoms with Crippen molar-refractivity contribution in [1.29, 1.82) is 5.26 Å². The maximum atomic E-state index is 14.1. The molecule has 2 aliphatic heterocycles. The summed E-state index contributed by atoms with van der Waals surface area (Å²) in [5.41, 5.74) is 0.578. The predicted octanol–water partition coefficient (Wildman–Crippen LogP) is 2.93. The van der Waals surface area contributed by atoms with Crippen molar-refractivity contribution in [2.24, 2.45) is 5.41 Å². The minimum Gasteiger partial charge on any atom is -0.325 e. The molecule has 0 bridgehead atoms. The van der Waals surface area contributed by atoms with Crippen molar-refractivity contribution in [2.75, 3.05) is 30.9 Å². The molecule has 38 heavy (non-hydrogen) atoms. The summed E-state index contributed by atoms with van der Waals surface area (Å²) < 4.78 is 0. The lowest BCUT2D eigenvalue weighted by Crippen LogP contribution is -2.55. The molecule has 1 fully saturated rings. The Morgan fingerprint density at radius 2 is 1.71 bits per heavy atom. The van der Waals surface area contributed by atoms with E-state index in [2.05, 4.69) is 11.4 Å². The number of fused-ring (bicyclic) bond motifs is 2. The SMILES string of the molecule is CN(C(=O)C(=O)N(C)[C@@H](CC(C)(C)C)C(=O)N1C[C@]2(C[C@H]1C#N)C(=O)Nc1ccccc12)c1ccccc1. The van der Waals surface area contributed by atoms with Gasteiger partial charge >= 0.3 is 11.8 Å². The van der Waals surface area contributed by atoms with Gasteiger partial charge in [-0.3, -0.25) is 19.2 Å². The topological polar surface area (TPSA) is 114 Å². The molecular formula is C29H33N5O4. The lowest BCUT2D eigenvalue weighted by atomic mass is 9.80. The number of para-hydroxylation sites is 2. The second-order valence-corrected chi connectivity index (χ2v) is 11.3. The van der Waals surface area contributed by atoms with Crippen LogP contribution in [0.15, 0.2) is 54.6 Å². The number of anilines is 2. The Morgan fingerprint density at radius 3 is 2.34 bits per heavy atom. The molecule has 1 saturated heterocycles. The van der Waals surface area contributed by atoms with Crippen LogP contribution in [0.2, 0.25) is 0 Å². The molecule has 1 N–H and O–H groups in total. The van der Waals surface area contributed by atoms with Crippen LogP contribution in [-0.4, -0.2) is 66.2 Å². The predicted molar refractivity (Wildman–Crippen MR) is 143 cm³/mol. The summed E-state index contributed by atoms with van der Waals surface area (Å²) in [5.74, 6) is -2.30. The zero-order chi connectivity index (χ0) is 27.8. The molecule has 198 valence electrons. The number of carbonyl (C=O) groups excluding carboxylic acids is 4. The van der Waals surface area contributed by atoms with Crippen LogP contribution in [0.3, 0.4) is 0 Å². The maximum absolute atomic E-state index is 14.1. The van der Waals surface area contributed by atoms with Gasteiger partial charge in [-0.25, -0.2) is 0 Å². The van der Waals surface area contributed by atoms with Crippen molar-refractivity contribution in [3.63, 3.8) is 0 Å². The van der Waals surface area contributed by atoms with E-state index in [1.807, 2.05) is 45.0 Å². The van der Waals surface area contributed by atoms with Crippen LogP contribution in [0.1, 0.15) is 39.2 Å². The summed E-state index contributed by atoms with van der Waals surface area (Å²) in [4.78, 5) is 57.5. The molecule has 0 aromatic heterocycles. The average molecular weight is 516 g/mol. The van der Waals surface area contributed by atoms with Crippen molar-refractivity contribution in [3.05, 3.63) is 60.2 Å². The number of likely N-dealkylation sites (tertiary alicyclic amines) is 1. The van der Waals surface area contributed by atoms with Crippen LogP contribution in [0.4, 0.5) is 11.4 Å². The second kappa shape index (κ2) is 9.93. The standard InChI is InChI=1S/C29H33N5O4/c1-28(2,3)16-23(33(5)26(37)25(36)32(4)19-11-7-6-8-12-19)24(35)34-18-29(15-20(34)17-30)21-13-9-10-14-22(21)31-27(29)38/h6-14,20,23H,15-16,18H2,1-5H3,(H,31,38)/t20-,23-,29-/m0/s1. The van der Waals surface area contributed by atoms with Gasteiger partial charge in [0.2, 0.25) is 11.8 Å². The van der Waals surface area contributed by atoms with Crippen molar-refractivity contribution >= 4 is 35.0 Å². The summed E-state index contributed by atoms with van der Waals surface area (Å²) in [7, 11) is 2.95. The fourth-order valence-electron chi connectivity index (χ4n) is 5.35. The van der Waals surface area contributed by atoms with E-state index in [4.69, 9.17) is 0 Å². The molecular weight excluding hydrogens is 482 g/mol. The van der Waals surface area contributed by atoms with Crippen molar-refractivity contribution in [3.8, 4) is 6.07 Å². The number of likely N-dealkylation sites (N-methyl/N-ethyl adjacent to an activating group) is 2. The van der Waals surface area contributed by atoms with Gasteiger partial charge in [0.05, 0.1) is 11.5 Å². The first kappa shape index (κ1) is 26.9. The first-order valence-corrected chi connectivity index (χ1v) is 12.6. The Bertz CT molecular complexity index is 1310. The Hall–Kier alpha value is -4.19. The van der Waals surface area contributed by atoms with Crippen LogP contribution >= 0.6 is 0 Å². The Morgan fingerprint density at radius 1 is 1.08 bits per heavy atom. The van der Waals surface area contributed by atoms with Gasteiger partial charge in [0, 0.05) is 38.4 Å². The molecule has 9 heteroatoms. The summed E-state index contributed by atoms with van der Waals surface area (Å²) in [6.45, 7) is 5.85. The summed E-state index contributed by atoms with van der Waals surface area (Å²) >= 11 is 0. The van der Waals surface area contributed by atoms with E-state index >= 15 is 0 Å². The number of benzene rings is 2. The lowest BCUT2D eigenvalue weighted by Gasteiger charge is -2.36. The number of nitrogens with zero attached hydrogens (tertiary/aromatic N) is 4. The second-order valence-electron chi connectivity index (χ2n) is 11.3. The molecule has 3 atom stereocenters. The Labute approximate surface area is 223 Å². The van der Waals surface area contributed by atoms with Crippen molar-refractivity contribution in [2.45, 2.75) is 51.1 Å². The zero-order valence-corrected chi connectivity index (χ0v) is 22.4. The first-order chi connectivity index (χ1) is 17.9. The highest BCUT2D eigenvalue weighted by atomic mass is 16.2. The van der Waals surface area contributed by atoms with Gasteiger partial charge in [0.1, 0.15) is 12.1 Å². The third kappa shape index (κ3) is 4.74. The third-order valence-electron chi connectivity index (χ3n) is 7.43. The lowest BCUT2D eigenvalue weighted by molar-refractivity contribution is -0.150. The van der Waals surface area contributed by atoms with Gasteiger partial charge in [-0.1, -0.05) is 57.2 Å². The first-order valence-electron chi connectivity index (χ1n) is 12.6. The highest BCUT2D eigenvalue weighted by Gasteiger charge is 2.57. The molecule has 2 heterocycles. The molecule has 4 rings (SSSR count). The van der Waals surface area contributed by atoms with Crippen LogP contribution in [0.25, 0.3) is 0 Å². The van der Waals surface area contributed by atoms with Gasteiger partial charge in [0.15, 0.2) is 0 Å². The molecule has 2 aromatic rings. The zero-order valence-electron chi connectivity index (χ0n) is 22.4. The van der Waals surface area contributed by atoms with Crippen LogP contribution in [-0.2, 0) is 24.6 Å². The molecule has 0 saturated carbocycles. The maximum Gasteiger partial charge on any atom is 0.316 e. The van der Waals surface area contributed by atoms with E-state index in [1.165, 1.54) is 28.8 Å². The van der Waals surface area contributed by atoms with Crippen LogP contribution in [0.5, 0.6) is 0 Å². The molecule has 9 nitrogen and oxygen atoms in total. The number of hydrogen-bond acceptors (Lipinski definition) is 5. The van der Waals surface area contributed by atoms with E-state index in [9.17, 15) is 24.4 Å². The van der Waals surface area contributed by atoms with Gasteiger partial charge in [-0.2, -0.15) is 5.26 Å². The van der Waals surface area contributed by atoms with E-state index in [0.717, 1.165) is 5.56 Å². The van der Waals surface area contributed by atoms with Gasteiger partial charge in [-0.15, -0.1) is 0 Å². The van der Waals surface area contributed by atoms with Crippen molar-refractivity contribution in [1.82, 2.24) is 9.80 Å². The number of rotatable bonds is 4. The van der Waals surface area contributed by atoms with Crippen molar-refractivity contribution < 1.29 is 19.2 Å². The Kier molecular flexibility index (Phi) is 7.02. The monoisotopic (exact) mass is 515 g/mol. The number of carbonyl (C=O) groups is 4. The normalized spacial score (nSPS) is 20.9. The number of nitriles is 1. The number of amides is 4. The molecule has 0 radical (unpaired) electrons. The molecule has 2 aliphatic rings. The van der Waals surface area contributed by atoms with Crippen LogP contribution in [0, 0.1) is 16.7 Å². The molecule has 2 aromatic carbocycles. The molecule has 1 spiro atoms. The summed E-state index contributed by atoms with van der Waals surface area (Å²) in [5, 5.41) is 12.9. The van der Waals surface area contributed by atoms with E-state index in [0.29, 0.717) is 11.4 Å². The molecule has 0 unspecified atom stereocenters. The van der Waals surface area contributed by atoms with E-state index in [-0.39, 0.29) is 30.7 Å². The number of hydrogen-bond donors (Lipinski definition) is 1. The largest absolute Gasteiger partial charge is 0.325 e. The smallest absolute Gasteiger partial charge is 0.316 e. The van der Waals surface area contributed by atoms with Gasteiger partial charge in [0.25, 0.3) is 0 Å². The third-order valence-corrected chi connectivity index (χ3v) is 7.43. The minimum atomic E-state index is -1.04. The van der Waals surface area contributed by atoms with E-state index in [1.54, 1.807) is 30.3 Å². The van der Waals surface area contributed by atoms with Gasteiger partial charge < -0.3 is 20.0 Å². The fraction of sp³-hybridized carbons (Fsp3) is 0.414. The average Bonchev–Trinajstić information content (AvgIpc) is 3.43. The highest BCUT2D eigenvalue weighted by molar-refractivity contribution is 6.40. The molecule has 4 amide bonds. The van der Waals surface area contributed by atoms with E-state index < -0.39 is 35.2 Å². The van der Waals surface area contributed by atoms with Crippen LogP contribution < -0.4 is 10.2 Å². The fourth-order valence-corrected chi connectivity index (χ4v) is 5.35. The summed E-state index contributed by atoms with van der Waals surface area (Å²) in [6, 6.07) is 16.4. The Balaban J connectivity index is 1.64. The molecule has 0 aliphatic carbocycles. The number of nitrogens with one attached hydrogen (secondary N) is 1. The minimum absolute atomic E-state index is 0.0213. The summed E-state index contributed by atoms with van der Waals surface area (Å²) in [6.07, 6.45) is 0.425. The highest BCUT2D eigenvalue weighted by Crippen LogP contribution is 2.46.